The highest BCUT2D eigenvalue weighted by molar-refractivity contribution is 9.09. The van der Waals surface area contributed by atoms with Gasteiger partial charge in [0.15, 0.2) is 0 Å². The molecule has 11 heavy (non-hydrogen) atoms. The molecule has 0 aromatic carbocycles. The average molecular weight is 217 g/mol. The van der Waals surface area contributed by atoms with E-state index in [0.717, 1.165) is 11.8 Å². The maximum Gasteiger partial charge on any atom is 0.00660 e. The fourth-order valence-electron chi connectivity index (χ4n) is 0.735. The van der Waals surface area contributed by atoms with Gasteiger partial charge >= 0.3 is 0 Å². The molecule has 0 fully saturated rings. The molecule has 0 nitrogen and oxygen atoms in total. The summed E-state index contributed by atoms with van der Waals surface area (Å²) in [5.41, 5.74) is 0. The summed E-state index contributed by atoms with van der Waals surface area (Å²) in [7, 11) is 0. The molecular formula is C10H17Br. The zero-order valence-electron chi connectivity index (χ0n) is 7.22. The maximum absolute atomic E-state index is 3.37. The van der Waals surface area contributed by atoms with E-state index in [9.17, 15) is 0 Å². The number of unbranched alkanes of at least 4 members (excludes halogenated alkanes) is 2. The third-order valence-electron chi connectivity index (χ3n) is 1.38. The van der Waals surface area contributed by atoms with Crippen LogP contribution in [0.3, 0.4) is 0 Å². The van der Waals surface area contributed by atoms with Gasteiger partial charge in [-0.25, -0.2) is 0 Å². The topological polar surface area (TPSA) is 0 Å². The van der Waals surface area contributed by atoms with E-state index in [1.165, 1.54) is 19.3 Å². The normalized spacial score (nSPS) is 11.8. The van der Waals surface area contributed by atoms with Crippen LogP contribution >= 0.6 is 15.9 Å². The molecule has 1 heteroatoms. The predicted molar refractivity (Wildman–Crippen MR) is 56.2 cm³/mol. The summed E-state index contributed by atoms with van der Waals surface area (Å²) < 4.78 is 0. The third-order valence-corrected chi connectivity index (χ3v) is 1.84. The Morgan fingerprint density at radius 1 is 1.09 bits per heavy atom. The molecule has 0 aliphatic rings. The van der Waals surface area contributed by atoms with E-state index in [1.54, 1.807) is 0 Å². The number of alkyl halides is 1. The molecule has 0 N–H and O–H groups in total. The van der Waals surface area contributed by atoms with Gasteiger partial charge in [-0.3, -0.25) is 0 Å². The molecule has 0 rings (SSSR count). The van der Waals surface area contributed by atoms with Gasteiger partial charge in [0.05, 0.1) is 0 Å². The summed E-state index contributed by atoms with van der Waals surface area (Å²) in [5.74, 6) is 0. The van der Waals surface area contributed by atoms with Crippen LogP contribution in [0.4, 0.5) is 0 Å². The van der Waals surface area contributed by atoms with Crippen molar-refractivity contribution in [1.29, 1.82) is 0 Å². The van der Waals surface area contributed by atoms with Crippen LogP contribution in [0.2, 0.25) is 0 Å². The zero-order chi connectivity index (χ0) is 8.36. The highest BCUT2D eigenvalue weighted by Crippen LogP contribution is 1.95. The van der Waals surface area contributed by atoms with E-state index >= 15 is 0 Å². The van der Waals surface area contributed by atoms with Crippen LogP contribution in [-0.2, 0) is 0 Å². The van der Waals surface area contributed by atoms with Crippen molar-refractivity contribution in [3.05, 3.63) is 24.3 Å². The molecule has 0 bridgehead atoms. The Kier molecular flexibility index (Phi) is 9.92. The first-order valence-corrected chi connectivity index (χ1v) is 5.41. The molecule has 0 saturated heterocycles. The number of rotatable bonds is 6. The summed E-state index contributed by atoms with van der Waals surface area (Å²) in [6.07, 6.45) is 13.6. The van der Waals surface area contributed by atoms with Crippen molar-refractivity contribution in [3.8, 4) is 0 Å². The van der Waals surface area contributed by atoms with Crippen LogP contribution in [0, 0.1) is 0 Å². The van der Waals surface area contributed by atoms with Crippen LogP contribution in [0.5, 0.6) is 0 Å². The van der Waals surface area contributed by atoms with Crippen LogP contribution in [0.25, 0.3) is 0 Å². The largest absolute Gasteiger partial charge is 0.0925 e. The summed E-state index contributed by atoms with van der Waals surface area (Å²) in [5, 5.41) is 1.06. The van der Waals surface area contributed by atoms with Crippen molar-refractivity contribution in [1.82, 2.24) is 0 Å². The molecule has 0 aromatic heterocycles. The minimum Gasteiger partial charge on any atom is -0.0925 e. The molecule has 0 amide bonds. The van der Waals surface area contributed by atoms with Gasteiger partial charge < -0.3 is 0 Å². The first-order valence-electron chi connectivity index (χ1n) is 4.29. The van der Waals surface area contributed by atoms with Crippen molar-refractivity contribution in [2.75, 3.05) is 5.33 Å². The molecule has 0 aliphatic carbocycles. The molecule has 64 valence electrons. The summed E-state index contributed by atoms with van der Waals surface area (Å²) in [6, 6.07) is 0. The molecule has 0 unspecified atom stereocenters. The number of hydrogen-bond acceptors (Lipinski definition) is 0. The summed E-state index contributed by atoms with van der Waals surface area (Å²) in [4.78, 5) is 0. The molecule has 0 aromatic rings. The first-order chi connectivity index (χ1) is 5.41. The second-order valence-electron chi connectivity index (χ2n) is 2.48. The lowest BCUT2D eigenvalue weighted by molar-refractivity contribution is 0.815. The van der Waals surface area contributed by atoms with Gasteiger partial charge in [0.1, 0.15) is 0 Å². The molecule has 0 spiro atoms. The highest BCUT2D eigenvalue weighted by Gasteiger charge is 1.75. The van der Waals surface area contributed by atoms with Crippen molar-refractivity contribution >= 4 is 15.9 Å². The SMILES string of the molecule is CCCC/C=C/C=C/CCBr. The van der Waals surface area contributed by atoms with Crippen LogP contribution < -0.4 is 0 Å². The number of allylic oxidation sites excluding steroid dienone is 4. The van der Waals surface area contributed by atoms with Gasteiger partial charge in [0, 0.05) is 5.33 Å². The van der Waals surface area contributed by atoms with Crippen molar-refractivity contribution in [2.24, 2.45) is 0 Å². The standard InChI is InChI=1S/C10H17Br/c1-2-3-4-5-6-7-8-9-10-11/h5-8H,2-4,9-10H2,1H3/b6-5+,8-7+. The Labute approximate surface area is 78.5 Å². The second-order valence-corrected chi connectivity index (χ2v) is 3.27. The number of halogens is 1. The van der Waals surface area contributed by atoms with E-state index in [-0.39, 0.29) is 0 Å². The van der Waals surface area contributed by atoms with Gasteiger partial charge in [-0.15, -0.1) is 0 Å². The minimum atomic E-state index is 1.06. The van der Waals surface area contributed by atoms with Crippen LogP contribution in [0.1, 0.15) is 32.6 Å². The lowest BCUT2D eigenvalue weighted by Gasteiger charge is -1.85. The Morgan fingerprint density at radius 3 is 2.27 bits per heavy atom. The minimum absolute atomic E-state index is 1.06. The van der Waals surface area contributed by atoms with Crippen molar-refractivity contribution in [3.63, 3.8) is 0 Å². The molecule has 0 aliphatic heterocycles. The van der Waals surface area contributed by atoms with E-state index < -0.39 is 0 Å². The third kappa shape index (κ3) is 9.96. The fraction of sp³-hybridized carbons (Fsp3) is 0.600. The average Bonchev–Trinajstić information content (AvgIpc) is 2.03. The highest BCUT2D eigenvalue weighted by atomic mass is 79.9. The van der Waals surface area contributed by atoms with Gasteiger partial charge in [-0.05, 0) is 12.8 Å². The van der Waals surface area contributed by atoms with Crippen LogP contribution in [-0.4, -0.2) is 5.33 Å². The van der Waals surface area contributed by atoms with Gasteiger partial charge in [0.25, 0.3) is 0 Å². The monoisotopic (exact) mass is 216 g/mol. The quantitative estimate of drug-likeness (QED) is 0.357. The molecular weight excluding hydrogens is 200 g/mol. The molecule has 0 heterocycles. The van der Waals surface area contributed by atoms with Crippen molar-refractivity contribution in [2.45, 2.75) is 32.6 Å². The van der Waals surface area contributed by atoms with Gasteiger partial charge in [-0.1, -0.05) is 60.0 Å². The van der Waals surface area contributed by atoms with E-state index in [2.05, 4.69) is 47.2 Å². The summed E-state index contributed by atoms with van der Waals surface area (Å²) >= 11 is 3.37. The molecule has 0 radical (unpaired) electrons. The molecule has 0 saturated carbocycles. The zero-order valence-corrected chi connectivity index (χ0v) is 8.81. The predicted octanol–water partition coefficient (Wildman–Crippen LogP) is 4.07. The lowest BCUT2D eigenvalue weighted by atomic mass is 10.2. The van der Waals surface area contributed by atoms with Crippen molar-refractivity contribution < 1.29 is 0 Å². The van der Waals surface area contributed by atoms with E-state index in [1.807, 2.05) is 0 Å². The maximum atomic E-state index is 3.37. The smallest absolute Gasteiger partial charge is 0.00660 e. The Bertz CT molecular complexity index is 114. The Balaban J connectivity index is 3.14. The van der Waals surface area contributed by atoms with Crippen LogP contribution in [0.15, 0.2) is 24.3 Å². The lowest BCUT2D eigenvalue weighted by Crippen LogP contribution is -1.66. The first kappa shape index (κ1) is 11.0. The Hall–Kier alpha value is -0.0400. The molecule has 0 atom stereocenters. The Morgan fingerprint density at radius 2 is 1.73 bits per heavy atom. The van der Waals surface area contributed by atoms with Gasteiger partial charge in [0.2, 0.25) is 0 Å². The van der Waals surface area contributed by atoms with E-state index in [4.69, 9.17) is 0 Å². The number of hydrogen-bond donors (Lipinski definition) is 0. The summed E-state index contributed by atoms with van der Waals surface area (Å²) in [6.45, 7) is 2.22. The fourth-order valence-corrected chi connectivity index (χ4v) is 0.999. The second kappa shape index (κ2) is 9.96. The van der Waals surface area contributed by atoms with E-state index in [0.29, 0.717) is 0 Å². The van der Waals surface area contributed by atoms with Gasteiger partial charge in [-0.2, -0.15) is 0 Å².